The first-order valence-electron chi connectivity index (χ1n) is 4.41. The number of ether oxygens (including phenoxy) is 1. The first kappa shape index (κ1) is 12.7. The highest BCUT2D eigenvalue weighted by Crippen LogP contribution is 2.29. The van der Waals surface area contributed by atoms with Crippen LogP contribution >= 0.6 is 11.6 Å². The number of pyridine rings is 1. The Kier molecular flexibility index (Phi) is 4.44. The highest BCUT2D eigenvalue weighted by molar-refractivity contribution is 6.17. The molecule has 1 aromatic rings. The van der Waals surface area contributed by atoms with Crippen LogP contribution in [0.2, 0.25) is 0 Å². The zero-order valence-corrected chi connectivity index (χ0v) is 9.26. The van der Waals surface area contributed by atoms with Crippen LogP contribution in [0.4, 0.5) is 8.78 Å². The van der Waals surface area contributed by atoms with Crippen LogP contribution in [-0.4, -0.2) is 12.1 Å². The lowest BCUT2D eigenvalue weighted by Gasteiger charge is -2.11. The number of nitrogens with zero attached hydrogens (tertiary/aromatic N) is 2. The van der Waals surface area contributed by atoms with E-state index in [0.29, 0.717) is 11.3 Å². The normalized spacial score (nSPS) is 10.2. The zero-order chi connectivity index (χ0) is 12.1. The quantitative estimate of drug-likeness (QED) is 0.768. The van der Waals surface area contributed by atoms with Gasteiger partial charge in [0.05, 0.1) is 31.2 Å². The first-order chi connectivity index (χ1) is 7.63. The van der Waals surface area contributed by atoms with E-state index >= 15 is 0 Å². The Hall–Kier alpha value is -1.41. The molecule has 0 unspecified atom stereocenters. The predicted molar refractivity (Wildman–Crippen MR) is 54.6 cm³/mol. The van der Waals surface area contributed by atoms with E-state index in [1.807, 2.05) is 6.07 Å². The number of rotatable bonds is 4. The van der Waals surface area contributed by atoms with Gasteiger partial charge in [0.1, 0.15) is 11.4 Å². The van der Waals surface area contributed by atoms with Gasteiger partial charge in [-0.3, -0.25) is 0 Å². The van der Waals surface area contributed by atoms with Crippen molar-refractivity contribution < 1.29 is 13.5 Å². The number of alkyl halides is 3. The van der Waals surface area contributed by atoms with Gasteiger partial charge in [-0.1, -0.05) is 0 Å². The Morgan fingerprint density at radius 2 is 2.31 bits per heavy atom. The number of hydrogen-bond acceptors (Lipinski definition) is 3. The molecule has 0 radical (unpaired) electrons. The lowest BCUT2D eigenvalue weighted by molar-refractivity contribution is 0.141. The fraction of sp³-hybridized carbons (Fsp3) is 0.400. The molecule has 6 heteroatoms. The lowest BCUT2D eigenvalue weighted by atomic mass is 10.1. The van der Waals surface area contributed by atoms with Gasteiger partial charge in [-0.15, -0.1) is 11.6 Å². The summed E-state index contributed by atoms with van der Waals surface area (Å²) in [4.78, 5) is 3.72. The molecule has 1 heterocycles. The fourth-order valence-electron chi connectivity index (χ4n) is 1.26. The maximum Gasteiger partial charge on any atom is 0.284 e. The van der Waals surface area contributed by atoms with Crippen LogP contribution in [0, 0.1) is 11.3 Å². The summed E-state index contributed by atoms with van der Waals surface area (Å²) in [6.07, 6.45) is -2.66. The van der Waals surface area contributed by atoms with Crippen molar-refractivity contribution in [2.45, 2.75) is 18.7 Å². The molecule has 0 fully saturated rings. The molecule has 0 N–H and O–H groups in total. The molecule has 0 saturated heterocycles. The van der Waals surface area contributed by atoms with Crippen LogP contribution in [0.5, 0.6) is 5.75 Å². The number of halogens is 3. The summed E-state index contributed by atoms with van der Waals surface area (Å²) >= 11 is 5.58. The maximum absolute atomic E-state index is 12.6. The fourth-order valence-corrected chi connectivity index (χ4v) is 1.49. The van der Waals surface area contributed by atoms with Crippen molar-refractivity contribution in [3.63, 3.8) is 0 Å². The molecule has 0 spiro atoms. The number of nitriles is 1. The molecule has 0 saturated carbocycles. The maximum atomic E-state index is 12.6. The van der Waals surface area contributed by atoms with E-state index in [9.17, 15) is 8.78 Å². The molecule has 0 aliphatic carbocycles. The summed E-state index contributed by atoms with van der Waals surface area (Å²) in [7, 11) is 1.28. The number of methoxy groups -OCH3 is 1. The van der Waals surface area contributed by atoms with E-state index in [-0.39, 0.29) is 18.1 Å². The Labute approximate surface area is 96.6 Å². The summed E-state index contributed by atoms with van der Waals surface area (Å²) in [5.41, 5.74) is 0.359. The Morgan fingerprint density at radius 1 is 1.62 bits per heavy atom. The van der Waals surface area contributed by atoms with Gasteiger partial charge in [0.15, 0.2) is 0 Å². The summed E-state index contributed by atoms with van der Waals surface area (Å²) in [5, 5.41) is 8.57. The van der Waals surface area contributed by atoms with Crippen molar-refractivity contribution >= 4 is 11.6 Å². The molecule has 86 valence electrons. The third kappa shape index (κ3) is 2.58. The highest BCUT2D eigenvalue weighted by Gasteiger charge is 2.19. The monoisotopic (exact) mass is 246 g/mol. The average Bonchev–Trinajstić information content (AvgIpc) is 2.28. The lowest BCUT2D eigenvalue weighted by Crippen LogP contribution is -2.03. The highest BCUT2D eigenvalue weighted by atomic mass is 35.5. The van der Waals surface area contributed by atoms with Gasteiger partial charge in [-0.25, -0.2) is 13.8 Å². The van der Waals surface area contributed by atoms with Gasteiger partial charge in [0.25, 0.3) is 6.43 Å². The topological polar surface area (TPSA) is 45.9 Å². The molecular formula is C10H9ClF2N2O. The smallest absolute Gasteiger partial charge is 0.284 e. The Morgan fingerprint density at radius 3 is 2.75 bits per heavy atom. The number of aromatic nitrogens is 1. The minimum atomic E-state index is -2.73. The molecule has 3 nitrogen and oxygen atoms in total. The molecular weight excluding hydrogens is 238 g/mol. The van der Waals surface area contributed by atoms with Crippen molar-refractivity contribution in [1.82, 2.24) is 4.98 Å². The summed E-state index contributed by atoms with van der Waals surface area (Å²) in [6.45, 7) is 0. The molecule has 0 bridgehead atoms. The van der Waals surface area contributed by atoms with Crippen molar-refractivity contribution in [3.8, 4) is 11.8 Å². The van der Waals surface area contributed by atoms with E-state index in [1.54, 1.807) is 0 Å². The van der Waals surface area contributed by atoms with Crippen molar-refractivity contribution in [2.24, 2.45) is 0 Å². The second-order valence-corrected chi connectivity index (χ2v) is 3.22. The molecule has 0 atom stereocenters. The predicted octanol–water partition coefficient (Wildman–Crippen LogP) is 2.83. The summed E-state index contributed by atoms with van der Waals surface area (Å²) in [6, 6.07) is 3.30. The second-order valence-electron chi connectivity index (χ2n) is 2.95. The largest absolute Gasteiger partial charge is 0.495 e. The molecule has 1 aromatic heterocycles. The van der Waals surface area contributed by atoms with Gasteiger partial charge in [-0.05, 0) is 11.6 Å². The molecule has 0 aliphatic heterocycles. The van der Waals surface area contributed by atoms with Crippen LogP contribution in [0.15, 0.2) is 6.07 Å². The van der Waals surface area contributed by atoms with Gasteiger partial charge in [-0.2, -0.15) is 5.26 Å². The van der Waals surface area contributed by atoms with Crippen molar-refractivity contribution in [3.05, 3.63) is 23.0 Å². The summed E-state index contributed by atoms with van der Waals surface area (Å²) < 4.78 is 30.0. The van der Waals surface area contributed by atoms with Crippen LogP contribution in [0.25, 0.3) is 0 Å². The third-order valence-electron chi connectivity index (χ3n) is 2.01. The van der Waals surface area contributed by atoms with Crippen LogP contribution in [0.3, 0.4) is 0 Å². The van der Waals surface area contributed by atoms with Crippen LogP contribution in [0.1, 0.15) is 23.4 Å². The summed E-state index contributed by atoms with van der Waals surface area (Å²) in [5.74, 6) is -0.0325. The van der Waals surface area contributed by atoms with E-state index in [2.05, 4.69) is 4.98 Å². The van der Waals surface area contributed by atoms with Gasteiger partial charge in [0, 0.05) is 0 Å². The molecule has 0 aromatic carbocycles. The SMILES string of the molecule is COc1cc(CC#N)c(CCl)nc1C(F)F. The minimum Gasteiger partial charge on any atom is -0.495 e. The molecule has 0 amide bonds. The van der Waals surface area contributed by atoms with Crippen LogP contribution < -0.4 is 4.74 Å². The third-order valence-corrected chi connectivity index (χ3v) is 2.26. The molecule has 1 rings (SSSR count). The first-order valence-corrected chi connectivity index (χ1v) is 4.95. The second kappa shape index (κ2) is 5.61. The van der Waals surface area contributed by atoms with Crippen molar-refractivity contribution in [1.29, 1.82) is 5.26 Å². The Balaban J connectivity index is 3.29. The standard InChI is InChI=1S/C10H9ClF2N2O/c1-16-8-4-6(2-3-14)7(5-11)15-9(8)10(12)13/h4,10H,2,5H2,1H3. The van der Waals surface area contributed by atoms with Gasteiger partial charge >= 0.3 is 0 Å². The zero-order valence-electron chi connectivity index (χ0n) is 8.51. The van der Waals surface area contributed by atoms with E-state index in [4.69, 9.17) is 21.6 Å². The average molecular weight is 247 g/mol. The molecule has 0 aliphatic rings. The van der Waals surface area contributed by atoms with Gasteiger partial charge in [0.2, 0.25) is 0 Å². The minimum absolute atomic E-state index is 0.0132. The van der Waals surface area contributed by atoms with Crippen molar-refractivity contribution in [2.75, 3.05) is 7.11 Å². The Bertz CT molecular complexity index is 418. The van der Waals surface area contributed by atoms with Crippen LogP contribution in [-0.2, 0) is 12.3 Å². The van der Waals surface area contributed by atoms with E-state index in [0.717, 1.165) is 0 Å². The van der Waals surface area contributed by atoms with Gasteiger partial charge < -0.3 is 4.74 Å². The number of hydrogen-bond donors (Lipinski definition) is 0. The molecule has 16 heavy (non-hydrogen) atoms. The van der Waals surface area contributed by atoms with E-state index in [1.165, 1.54) is 13.2 Å². The van der Waals surface area contributed by atoms with E-state index < -0.39 is 12.1 Å².